The monoisotopic (exact) mass is 243 g/mol. The fraction of sp³-hybridized carbons (Fsp3) is 0.833. The number of carboxylic acids is 1. The Labute approximate surface area is 101 Å². The van der Waals surface area contributed by atoms with Crippen LogP contribution < -0.4 is 5.32 Å². The van der Waals surface area contributed by atoms with Gasteiger partial charge in [0, 0.05) is 5.92 Å². The van der Waals surface area contributed by atoms with Gasteiger partial charge in [0.15, 0.2) is 6.04 Å². The molecule has 5 heteroatoms. The quantitative estimate of drug-likeness (QED) is 0.675. The van der Waals surface area contributed by atoms with Gasteiger partial charge >= 0.3 is 5.97 Å². The fourth-order valence-electron chi connectivity index (χ4n) is 2.48. The van der Waals surface area contributed by atoms with Crippen LogP contribution in [0.15, 0.2) is 0 Å². The minimum atomic E-state index is -1.24. The molecule has 0 heterocycles. The average Bonchev–Trinajstić information content (AvgIpc) is 2.52. The second kappa shape index (κ2) is 3.98. The van der Waals surface area contributed by atoms with E-state index in [9.17, 15) is 14.7 Å². The average molecular weight is 243 g/mol. The lowest BCUT2D eigenvalue weighted by atomic mass is 10.0. The molecule has 0 aromatic heterocycles. The molecule has 1 saturated carbocycles. The van der Waals surface area contributed by atoms with Gasteiger partial charge in [-0.1, -0.05) is 27.7 Å². The third-order valence-corrected chi connectivity index (χ3v) is 4.33. The number of aliphatic hydroxyl groups excluding tert-OH is 1. The van der Waals surface area contributed by atoms with Crippen LogP contribution in [0.3, 0.4) is 0 Å². The van der Waals surface area contributed by atoms with E-state index in [1.54, 1.807) is 0 Å². The van der Waals surface area contributed by atoms with Gasteiger partial charge in [-0.05, 0) is 17.8 Å². The Balaban J connectivity index is 2.72. The zero-order chi connectivity index (χ0) is 13.6. The van der Waals surface area contributed by atoms with Gasteiger partial charge in [-0.3, -0.25) is 4.79 Å². The molecule has 0 aromatic carbocycles. The number of aliphatic hydroxyl groups is 1. The number of amides is 1. The molecule has 3 N–H and O–H groups in total. The molecule has 1 amide bonds. The fourth-order valence-corrected chi connectivity index (χ4v) is 2.48. The van der Waals surface area contributed by atoms with Gasteiger partial charge in [0.1, 0.15) is 0 Å². The predicted molar refractivity (Wildman–Crippen MR) is 62.3 cm³/mol. The van der Waals surface area contributed by atoms with Crippen LogP contribution in [0.4, 0.5) is 0 Å². The molecule has 0 saturated heterocycles. The van der Waals surface area contributed by atoms with Gasteiger partial charge < -0.3 is 15.5 Å². The van der Waals surface area contributed by atoms with Crippen LogP contribution in [0.5, 0.6) is 0 Å². The third-order valence-electron chi connectivity index (χ3n) is 4.33. The summed E-state index contributed by atoms with van der Waals surface area (Å²) < 4.78 is 0. The first kappa shape index (κ1) is 14.0. The lowest BCUT2D eigenvalue weighted by molar-refractivity contribution is -0.145. The van der Waals surface area contributed by atoms with Crippen LogP contribution in [0.25, 0.3) is 0 Å². The van der Waals surface area contributed by atoms with Gasteiger partial charge in [0.25, 0.3) is 0 Å². The molecule has 0 unspecified atom stereocenters. The second-order valence-corrected chi connectivity index (χ2v) is 5.94. The summed E-state index contributed by atoms with van der Waals surface area (Å²) in [6, 6.07) is -1.24. The van der Waals surface area contributed by atoms with Crippen molar-refractivity contribution in [3.8, 4) is 0 Å². The summed E-state index contributed by atoms with van der Waals surface area (Å²) in [4.78, 5) is 22.8. The molecule has 5 nitrogen and oxygen atoms in total. The Morgan fingerprint density at radius 3 is 1.82 bits per heavy atom. The summed E-state index contributed by atoms with van der Waals surface area (Å²) in [5, 5.41) is 20.6. The minimum absolute atomic E-state index is 0.140. The topological polar surface area (TPSA) is 86.6 Å². The standard InChI is InChI=1S/C12H21NO4/c1-6(14)7(10(16)17)13-9(15)8-11(2,3)12(8,4)5/h6-8,14H,1-5H3,(H,13,15)(H,16,17)/t6-,7+/m1/s1. The number of carbonyl (C=O) groups is 2. The SMILES string of the molecule is C[C@@H](O)[C@H](NC(=O)C1C(C)(C)C1(C)C)C(=O)O. The Morgan fingerprint density at radius 1 is 1.18 bits per heavy atom. The van der Waals surface area contributed by atoms with E-state index in [0.29, 0.717) is 0 Å². The number of hydrogen-bond donors (Lipinski definition) is 3. The molecule has 1 fully saturated rings. The smallest absolute Gasteiger partial charge is 0.328 e. The molecule has 1 rings (SSSR count). The van der Waals surface area contributed by atoms with E-state index in [-0.39, 0.29) is 22.7 Å². The van der Waals surface area contributed by atoms with Gasteiger partial charge in [0.05, 0.1) is 6.10 Å². The Morgan fingerprint density at radius 2 is 1.59 bits per heavy atom. The van der Waals surface area contributed by atoms with Gasteiger partial charge in [-0.2, -0.15) is 0 Å². The van der Waals surface area contributed by atoms with Crippen molar-refractivity contribution in [3.05, 3.63) is 0 Å². The summed E-state index contributed by atoms with van der Waals surface area (Å²) >= 11 is 0. The van der Waals surface area contributed by atoms with Crippen LogP contribution in [0.1, 0.15) is 34.6 Å². The number of aliphatic carboxylic acids is 1. The lowest BCUT2D eigenvalue weighted by Crippen LogP contribution is -2.48. The van der Waals surface area contributed by atoms with E-state index in [2.05, 4.69) is 5.32 Å². The number of carbonyl (C=O) groups excluding carboxylic acids is 1. The van der Waals surface area contributed by atoms with Crippen LogP contribution in [0.2, 0.25) is 0 Å². The highest BCUT2D eigenvalue weighted by Crippen LogP contribution is 2.68. The maximum Gasteiger partial charge on any atom is 0.328 e. The van der Waals surface area contributed by atoms with Crippen LogP contribution in [0, 0.1) is 16.7 Å². The van der Waals surface area contributed by atoms with Crippen molar-refractivity contribution in [1.29, 1.82) is 0 Å². The first-order valence-electron chi connectivity index (χ1n) is 5.74. The number of rotatable bonds is 4. The maximum absolute atomic E-state index is 12.0. The minimum Gasteiger partial charge on any atom is -0.480 e. The molecule has 0 aromatic rings. The Bertz CT molecular complexity index is 332. The van der Waals surface area contributed by atoms with Crippen molar-refractivity contribution >= 4 is 11.9 Å². The molecule has 98 valence electrons. The summed E-state index contributed by atoms with van der Waals surface area (Å²) in [7, 11) is 0. The predicted octanol–water partition coefficient (Wildman–Crippen LogP) is 0.619. The van der Waals surface area contributed by atoms with E-state index in [0.717, 1.165) is 0 Å². The van der Waals surface area contributed by atoms with Gasteiger partial charge in [-0.25, -0.2) is 4.79 Å². The third kappa shape index (κ3) is 2.16. The van der Waals surface area contributed by atoms with Gasteiger partial charge in [0.2, 0.25) is 5.91 Å². The van der Waals surface area contributed by atoms with Crippen molar-refractivity contribution in [2.45, 2.75) is 46.8 Å². The first-order chi connectivity index (χ1) is 7.53. The highest BCUT2D eigenvalue weighted by molar-refractivity contribution is 5.88. The van der Waals surface area contributed by atoms with Crippen molar-refractivity contribution in [3.63, 3.8) is 0 Å². The Hall–Kier alpha value is -1.10. The molecular weight excluding hydrogens is 222 g/mol. The first-order valence-corrected chi connectivity index (χ1v) is 5.74. The van der Waals surface area contributed by atoms with E-state index in [4.69, 9.17) is 5.11 Å². The summed E-state index contributed by atoms with van der Waals surface area (Å²) in [5.41, 5.74) is -0.280. The van der Waals surface area contributed by atoms with E-state index >= 15 is 0 Å². The molecule has 17 heavy (non-hydrogen) atoms. The van der Waals surface area contributed by atoms with E-state index < -0.39 is 18.1 Å². The molecule has 0 aliphatic heterocycles. The van der Waals surface area contributed by atoms with Crippen LogP contribution in [-0.4, -0.2) is 34.2 Å². The highest BCUT2D eigenvalue weighted by atomic mass is 16.4. The normalized spacial score (nSPS) is 24.8. The molecule has 0 radical (unpaired) electrons. The molecule has 1 aliphatic carbocycles. The lowest BCUT2D eigenvalue weighted by Gasteiger charge is -2.17. The molecule has 1 aliphatic rings. The van der Waals surface area contributed by atoms with E-state index in [1.807, 2.05) is 27.7 Å². The zero-order valence-electron chi connectivity index (χ0n) is 10.9. The number of nitrogens with one attached hydrogen (secondary N) is 1. The largest absolute Gasteiger partial charge is 0.480 e. The van der Waals surface area contributed by atoms with Crippen molar-refractivity contribution in [2.24, 2.45) is 16.7 Å². The van der Waals surface area contributed by atoms with Crippen LogP contribution >= 0.6 is 0 Å². The second-order valence-electron chi connectivity index (χ2n) is 5.94. The number of hydrogen-bond acceptors (Lipinski definition) is 3. The van der Waals surface area contributed by atoms with Crippen molar-refractivity contribution in [2.75, 3.05) is 0 Å². The molecular formula is C12H21NO4. The van der Waals surface area contributed by atoms with Gasteiger partial charge in [-0.15, -0.1) is 0 Å². The molecule has 0 spiro atoms. The molecule has 2 atom stereocenters. The Kier molecular flexibility index (Phi) is 3.27. The van der Waals surface area contributed by atoms with Crippen molar-refractivity contribution in [1.82, 2.24) is 5.32 Å². The highest BCUT2D eigenvalue weighted by Gasteiger charge is 2.68. The number of carboxylic acid groups (broad SMARTS) is 1. The van der Waals surface area contributed by atoms with Crippen molar-refractivity contribution < 1.29 is 19.8 Å². The molecule has 0 bridgehead atoms. The van der Waals surface area contributed by atoms with E-state index in [1.165, 1.54) is 6.92 Å². The summed E-state index contributed by atoms with van der Waals surface area (Å²) in [5.74, 6) is -1.73. The summed E-state index contributed by atoms with van der Waals surface area (Å²) in [6.07, 6.45) is -1.11. The zero-order valence-corrected chi connectivity index (χ0v) is 10.9. The maximum atomic E-state index is 12.0. The van der Waals surface area contributed by atoms with Crippen LogP contribution in [-0.2, 0) is 9.59 Å². The summed E-state index contributed by atoms with van der Waals surface area (Å²) in [6.45, 7) is 9.28.